The van der Waals surface area contributed by atoms with Gasteiger partial charge in [0.15, 0.2) is 4.34 Å². The molecule has 2 N–H and O–H groups in total. The topological polar surface area (TPSA) is 83.6 Å². The van der Waals surface area contributed by atoms with E-state index in [-0.39, 0.29) is 16.6 Å². The van der Waals surface area contributed by atoms with Crippen LogP contribution < -0.4 is 10.9 Å². The van der Waals surface area contributed by atoms with Crippen molar-refractivity contribution in [1.29, 1.82) is 0 Å². The average molecular weight is 399 g/mol. The number of thioether (sulfide) groups is 1. The van der Waals surface area contributed by atoms with Crippen molar-refractivity contribution in [2.24, 2.45) is 0 Å². The van der Waals surface area contributed by atoms with Gasteiger partial charge >= 0.3 is 0 Å². The van der Waals surface area contributed by atoms with Crippen LogP contribution in [0, 0.1) is 5.82 Å². The van der Waals surface area contributed by atoms with Gasteiger partial charge in [-0.2, -0.15) is 0 Å². The molecule has 0 saturated heterocycles. The fourth-order valence-electron chi connectivity index (χ4n) is 2.50. The highest BCUT2D eigenvalue weighted by atomic mass is 32.2. The molecule has 2 aromatic carbocycles. The molecule has 0 saturated carbocycles. The van der Waals surface area contributed by atoms with Gasteiger partial charge in [-0.1, -0.05) is 41.3 Å². The Morgan fingerprint density at radius 1 is 1.19 bits per heavy atom. The summed E-state index contributed by atoms with van der Waals surface area (Å²) in [5.41, 5.74) is 1.11. The number of H-pyrrole nitrogens is 1. The van der Waals surface area contributed by atoms with Crippen molar-refractivity contribution in [3.05, 3.63) is 70.5 Å². The molecular weight excluding hydrogens is 385 g/mol. The summed E-state index contributed by atoms with van der Waals surface area (Å²) in [6.45, 7) is 1.94. The predicted molar refractivity (Wildman–Crippen MR) is 106 cm³/mol. The van der Waals surface area contributed by atoms with Crippen LogP contribution in [0.3, 0.4) is 0 Å². The van der Waals surface area contributed by atoms with Gasteiger partial charge in [-0.15, -0.1) is 10.2 Å². The maximum atomic E-state index is 13.3. The molecule has 0 aliphatic carbocycles. The first-order chi connectivity index (χ1) is 13.1. The number of halogens is 1. The molecule has 0 aliphatic heterocycles. The van der Waals surface area contributed by atoms with Crippen molar-refractivity contribution in [1.82, 2.24) is 20.2 Å². The van der Waals surface area contributed by atoms with E-state index < -0.39 is 0 Å². The van der Waals surface area contributed by atoms with Gasteiger partial charge in [0.25, 0.3) is 5.56 Å². The highest BCUT2D eigenvalue weighted by molar-refractivity contribution is 8.01. The van der Waals surface area contributed by atoms with Crippen molar-refractivity contribution < 1.29 is 4.39 Å². The Morgan fingerprint density at radius 3 is 2.89 bits per heavy atom. The lowest BCUT2D eigenvalue weighted by Gasteiger charge is -2.08. The molecule has 6 nitrogen and oxygen atoms in total. The van der Waals surface area contributed by atoms with Gasteiger partial charge in [0, 0.05) is 5.69 Å². The van der Waals surface area contributed by atoms with E-state index in [0.29, 0.717) is 27.5 Å². The highest BCUT2D eigenvalue weighted by Gasteiger charge is 2.15. The van der Waals surface area contributed by atoms with E-state index in [1.807, 2.05) is 25.1 Å². The third-order valence-corrected chi connectivity index (χ3v) is 5.81. The molecule has 27 heavy (non-hydrogen) atoms. The van der Waals surface area contributed by atoms with Gasteiger partial charge in [-0.3, -0.25) is 4.79 Å². The Hall–Kier alpha value is -2.78. The molecule has 0 bridgehead atoms. The van der Waals surface area contributed by atoms with E-state index in [4.69, 9.17) is 0 Å². The number of nitrogens with one attached hydrogen (secondary N) is 2. The zero-order valence-electron chi connectivity index (χ0n) is 14.1. The van der Waals surface area contributed by atoms with Gasteiger partial charge in [0.05, 0.1) is 16.2 Å². The Bertz CT molecular complexity index is 1160. The van der Waals surface area contributed by atoms with Gasteiger partial charge < -0.3 is 10.3 Å². The first kappa shape index (κ1) is 17.6. The zero-order chi connectivity index (χ0) is 18.8. The number of aromatic nitrogens is 4. The van der Waals surface area contributed by atoms with Crippen molar-refractivity contribution in [3.63, 3.8) is 0 Å². The van der Waals surface area contributed by atoms with E-state index in [2.05, 4.69) is 25.5 Å². The van der Waals surface area contributed by atoms with E-state index >= 15 is 0 Å². The van der Waals surface area contributed by atoms with Crippen molar-refractivity contribution in [3.8, 4) is 0 Å². The Balaban J connectivity index is 1.51. The molecule has 0 fully saturated rings. The smallest absolute Gasteiger partial charge is 0.258 e. The van der Waals surface area contributed by atoms with Crippen LogP contribution >= 0.6 is 23.1 Å². The summed E-state index contributed by atoms with van der Waals surface area (Å²) in [5.74, 6) is 0.262. The molecule has 0 amide bonds. The summed E-state index contributed by atoms with van der Waals surface area (Å²) in [5, 5.41) is 12.3. The number of fused-ring (bicyclic) bond motifs is 1. The maximum Gasteiger partial charge on any atom is 0.258 e. The quantitative estimate of drug-likeness (QED) is 0.481. The van der Waals surface area contributed by atoms with Crippen LogP contribution in [0.25, 0.3) is 10.9 Å². The van der Waals surface area contributed by atoms with Crippen LogP contribution in [0.15, 0.2) is 57.7 Å². The number of para-hydroxylation sites is 1. The third-order valence-electron chi connectivity index (χ3n) is 3.78. The predicted octanol–water partition coefficient (Wildman–Crippen LogP) is 4.51. The number of anilines is 2. The summed E-state index contributed by atoms with van der Waals surface area (Å²) in [7, 11) is 0. The van der Waals surface area contributed by atoms with Crippen molar-refractivity contribution in [2.75, 3.05) is 5.32 Å². The molecule has 9 heteroatoms. The third kappa shape index (κ3) is 3.99. The van der Waals surface area contributed by atoms with E-state index in [1.165, 1.54) is 35.2 Å². The fraction of sp³-hybridized carbons (Fsp3) is 0.111. The average Bonchev–Trinajstić information content (AvgIpc) is 3.08. The van der Waals surface area contributed by atoms with E-state index in [9.17, 15) is 9.18 Å². The molecule has 136 valence electrons. The van der Waals surface area contributed by atoms with Gasteiger partial charge in [-0.25, -0.2) is 9.37 Å². The SMILES string of the molecule is C[C@@H](Sc1nnc(Nc2cccc(F)c2)s1)c1nc2ccccc2c(=O)[nH]1. The molecule has 4 rings (SSSR count). The van der Waals surface area contributed by atoms with Crippen LogP contribution in [0.5, 0.6) is 0 Å². The molecule has 1 atom stereocenters. The normalized spacial score (nSPS) is 12.2. The number of hydrogen-bond acceptors (Lipinski definition) is 7. The molecular formula is C18H14FN5OS2. The summed E-state index contributed by atoms with van der Waals surface area (Å²) in [4.78, 5) is 19.6. The minimum absolute atomic E-state index is 0.114. The van der Waals surface area contributed by atoms with Gasteiger partial charge in [0.1, 0.15) is 11.6 Å². The Kier molecular flexibility index (Phi) is 4.87. The van der Waals surface area contributed by atoms with Gasteiger partial charge in [-0.05, 0) is 37.3 Å². The van der Waals surface area contributed by atoms with E-state index in [0.717, 1.165) is 4.34 Å². The minimum Gasteiger partial charge on any atom is -0.330 e. The summed E-state index contributed by atoms with van der Waals surface area (Å²) in [6.07, 6.45) is 0. The summed E-state index contributed by atoms with van der Waals surface area (Å²) >= 11 is 2.80. The summed E-state index contributed by atoms with van der Waals surface area (Å²) < 4.78 is 14.0. The second-order valence-electron chi connectivity index (χ2n) is 5.74. The standard InChI is InChI=1S/C18H14FN5OS2/c1-10(15-21-14-8-3-2-7-13(14)16(25)22-15)26-18-24-23-17(27-18)20-12-6-4-5-11(19)9-12/h2-10H,1H3,(H,20,23)(H,21,22,25)/t10-/m1/s1. The maximum absolute atomic E-state index is 13.3. The zero-order valence-corrected chi connectivity index (χ0v) is 15.8. The van der Waals surface area contributed by atoms with Crippen molar-refractivity contribution >= 4 is 44.8 Å². The van der Waals surface area contributed by atoms with Crippen LogP contribution in [-0.2, 0) is 0 Å². The molecule has 2 heterocycles. The van der Waals surface area contributed by atoms with Crippen LogP contribution in [0.4, 0.5) is 15.2 Å². The molecule has 0 spiro atoms. The fourth-order valence-corrected chi connectivity index (χ4v) is 4.48. The van der Waals surface area contributed by atoms with Crippen LogP contribution in [0.1, 0.15) is 18.0 Å². The Morgan fingerprint density at radius 2 is 2.04 bits per heavy atom. The number of hydrogen-bond donors (Lipinski definition) is 2. The molecule has 4 aromatic rings. The monoisotopic (exact) mass is 399 g/mol. The lowest BCUT2D eigenvalue weighted by Crippen LogP contribution is -2.12. The Labute approximate surface area is 161 Å². The minimum atomic E-state index is -0.320. The van der Waals surface area contributed by atoms with E-state index in [1.54, 1.807) is 18.2 Å². The molecule has 2 aromatic heterocycles. The van der Waals surface area contributed by atoms with Crippen LogP contribution in [-0.4, -0.2) is 20.2 Å². The largest absolute Gasteiger partial charge is 0.330 e. The molecule has 0 aliphatic rings. The van der Waals surface area contributed by atoms with Crippen molar-refractivity contribution in [2.45, 2.75) is 16.5 Å². The lowest BCUT2D eigenvalue weighted by molar-refractivity contribution is 0.628. The second-order valence-corrected chi connectivity index (χ2v) is 8.30. The number of nitrogens with zero attached hydrogens (tertiary/aromatic N) is 3. The lowest BCUT2D eigenvalue weighted by atomic mass is 10.2. The van der Waals surface area contributed by atoms with Crippen LogP contribution in [0.2, 0.25) is 0 Å². The number of aromatic amines is 1. The first-order valence-electron chi connectivity index (χ1n) is 8.10. The number of benzene rings is 2. The molecule has 0 unspecified atom stereocenters. The highest BCUT2D eigenvalue weighted by Crippen LogP contribution is 2.36. The number of rotatable bonds is 5. The molecule has 0 radical (unpaired) electrons. The summed E-state index contributed by atoms with van der Waals surface area (Å²) in [6, 6.07) is 13.4. The van der Waals surface area contributed by atoms with Gasteiger partial charge in [0.2, 0.25) is 5.13 Å². The first-order valence-corrected chi connectivity index (χ1v) is 9.80. The second kappa shape index (κ2) is 7.45.